The van der Waals surface area contributed by atoms with Crippen LogP contribution in [0.5, 0.6) is 0 Å². The minimum atomic E-state index is -0.0211. The smallest absolute Gasteiger partial charge is 0.234 e. The summed E-state index contributed by atoms with van der Waals surface area (Å²) < 4.78 is 1.00. The summed E-state index contributed by atoms with van der Waals surface area (Å²) in [5, 5.41) is 2.93. The molecule has 0 radical (unpaired) electrons. The maximum atomic E-state index is 12.0. The van der Waals surface area contributed by atoms with Crippen molar-refractivity contribution in [2.45, 2.75) is 18.7 Å². The molecule has 0 spiro atoms. The number of aryl methyl sites for hydroxylation is 1. The number of nitrogen functional groups attached to an aromatic ring is 1. The molecule has 0 aromatic heterocycles. The van der Waals surface area contributed by atoms with Gasteiger partial charge in [0.2, 0.25) is 5.91 Å². The molecule has 5 heteroatoms. The van der Waals surface area contributed by atoms with Gasteiger partial charge in [-0.2, -0.15) is 0 Å². The molecule has 2 aromatic rings. The maximum Gasteiger partial charge on any atom is 0.234 e. The normalized spacial score (nSPS) is 10.4. The van der Waals surface area contributed by atoms with Gasteiger partial charge < -0.3 is 11.1 Å². The van der Waals surface area contributed by atoms with Crippen LogP contribution in [0.1, 0.15) is 11.1 Å². The van der Waals surface area contributed by atoms with E-state index in [1.807, 2.05) is 50.2 Å². The van der Waals surface area contributed by atoms with Crippen molar-refractivity contribution >= 4 is 45.0 Å². The third kappa shape index (κ3) is 4.25. The summed E-state index contributed by atoms with van der Waals surface area (Å²) in [5.41, 5.74) is 9.51. The molecule has 110 valence electrons. The fraction of sp³-hybridized carbons (Fsp3) is 0.188. The van der Waals surface area contributed by atoms with E-state index in [1.54, 1.807) is 0 Å². The molecule has 0 fully saturated rings. The van der Waals surface area contributed by atoms with Crippen LogP contribution in [0.25, 0.3) is 0 Å². The van der Waals surface area contributed by atoms with Gasteiger partial charge in [-0.3, -0.25) is 4.79 Å². The highest BCUT2D eigenvalue weighted by atomic mass is 79.9. The molecule has 3 nitrogen and oxygen atoms in total. The third-order valence-corrected chi connectivity index (χ3v) is 4.80. The Morgan fingerprint density at radius 2 is 2.05 bits per heavy atom. The average Bonchev–Trinajstić information content (AvgIpc) is 2.43. The lowest BCUT2D eigenvalue weighted by molar-refractivity contribution is -0.113. The molecule has 1 amide bonds. The number of benzene rings is 2. The Morgan fingerprint density at radius 1 is 1.29 bits per heavy atom. The average molecular weight is 365 g/mol. The second-order valence-corrected chi connectivity index (χ2v) is 6.70. The highest BCUT2D eigenvalue weighted by Gasteiger charge is 2.08. The van der Waals surface area contributed by atoms with Crippen molar-refractivity contribution in [3.8, 4) is 0 Å². The molecule has 2 rings (SSSR count). The van der Waals surface area contributed by atoms with E-state index in [0.29, 0.717) is 5.75 Å². The first-order chi connectivity index (χ1) is 9.97. The van der Waals surface area contributed by atoms with Crippen LogP contribution in [0, 0.1) is 13.8 Å². The Bertz CT molecular complexity index is 673. The number of rotatable bonds is 4. The molecule has 0 heterocycles. The van der Waals surface area contributed by atoms with Crippen molar-refractivity contribution in [3.05, 3.63) is 52.0 Å². The van der Waals surface area contributed by atoms with Crippen LogP contribution < -0.4 is 11.1 Å². The van der Waals surface area contributed by atoms with Crippen LogP contribution in [0.2, 0.25) is 0 Å². The molecule has 0 bridgehead atoms. The van der Waals surface area contributed by atoms with Gasteiger partial charge in [-0.15, -0.1) is 11.8 Å². The number of hydrogen-bond acceptors (Lipinski definition) is 3. The van der Waals surface area contributed by atoms with E-state index in [9.17, 15) is 4.79 Å². The van der Waals surface area contributed by atoms with Crippen molar-refractivity contribution in [3.63, 3.8) is 0 Å². The molecule has 0 unspecified atom stereocenters. The Labute approximate surface area is 137 Å². The van der Waals surface area contributed by atoms with Gasteiger partial charge >= 0.3 is 0 Å². The number of hydrogen-bond donors (Lipinski definition) is 2. The number of anilines is 2. The zero-order chi connectivity index (χ0) is 15.4. The van der Waals surface area contributed by atoms with Gasteiger partial charge in [-0.1, -0.05) is 22.0 Å². The lowest BCUT2D eigenvalue weighted by Crippen LogP contribution is -2.14. The summed E-state index contributed by atoms with van der Waals surface area (Å²) in [6.45, 7) is 3.93. The predicted octanol–water partition coefficient (Wildman–Crippen LogP) is 4.38. The maximum absolute atomic E-state index is 12.0. The molecule has 0 aliphatic carbocycles. The summed E-state index contributed by atoms with van der Waals surface area (Å²) >= 11 is 4.91. The van der Waals surface area contributed by atoms with Gasteiger partial charge in [0, 0.05) is 20.7 Å². The number of carbonyl (C=O) groups is 1. The van der Waals surface area contributed by atoms with Crippen molar-refractivity contribution in [1.82, 2.24) is 0 Å². The molecular formula is C16H17BrN2OS. The SMILES string of the molecule is Cc1cc(Br)ccc1NC(=O)CSc1cccc(N)c1C. The Kier molecular flexibility index (Phi) is 5.31. The number of halogens is 1. The number of nitrogens with one attached hydrogen (secondary N) is 1. The quantitative estimate of drug-likeness (QED) is 0.625. The Hall–Kier alpha value is -1.46. The predicted molar refractivity (Wildman–Crippen MR) is 93.8 cm³/mol. The lowest BCUT2D eigenvalue weighted by atomic mass is 10.2. The third-order valence-electron chi connectivity index (χ3n) is 3.15. The number of amides is 1. The van der Waals surface area contributed by atoms with Crippen molar-refractivity contribution < 1.29 is 4.79 Å². The van der Waals surface area contributed by atoms with Gasteiger partial charge in [0.1, 0.15) is 0 Å². The van der Waals surface area contributed by atoms with Crippen molar-refractivity contribution in [2.24, 2.45) is 0 Å². The van der Waals surface area contributed by atoms with Crippen LogP contribution in [-0.2, 0) is 4.79 Å². The summed E-state index contributed by atoms with van der Waals surface area (Å²) in [6.07, 6.45) is 0. The summed E-state index contributed by atoms with van der Waals surface area (Å²) in [5.74, 6) is 0.340. The first-order valence-electron chi connectivity index (χ1n) is 6.51. The first kappa shape index (κ1) is 15.9. The number of thioether (sulfide) groups is 1. The van der Waals surface area contributed by atoms with Crippen LogP contribution >= 0.6 is 27.7 Å². The molecular weight excluding hydrogens is 348 g/mol. The molecule has 2 aromatic carbocycles. The first-order valence-corrected chi connectivity index (χ1v) is 8.29. The molecule has 0 saturated heterocycles. The van der Waals surface area contributed by atoms with Gasteiger partial charge in [0.15, 0.2) is 0 Å². The second-order valence-electron chi connectivity index (χ2n) is 4.77. The zero-order valence-corrected chi connectivity index (χ0v) is 14.3. The van der Waals surface area contributed by atoms with E-state index in [0.717, 1.165) is 31.9 Å². The Balaban J connectivity index is 1.97. The van der Waals surface area contributed by atoms with Gasteiger partial charge in [0.05, 0.1) is 5.75 Å². The van der Waals surface area contributed by atoms with Crippen molar-refractivity contribution in [2.75, 3.05) is 16.8 Å². The van der Waals surface area contributed by atoms with Gasteiger partial charge in [-0.25, -0.2) is 0 Å². The fourth-order valence-electron chi connectivity index (χ4n) is 1.88. The minimum Gasteiger partial charge on any atom is -0.398 e. The van der Waals surface area contributed by atoms with Gasteiger partial charge in [0.25, 0.3) is 0 Å². The van der Waals surface area contributed by atoms with Crippen LogP contribution in [0.15, 0.2) is 45.8 Å². The largest absolute Gasteiger partial charge is 0.398 e. The van der Waals surface area contributed by atoms with E-state index in [4.69, 9.17) is 5.73 Å². The van der Waals surface area contributed by atoms with Crippen LogP contribution in [0.4, 0.5) is 11.4 Å². The second kappa shape index (κ2) is 7.00. The van der Waals surface area contributed by atoms with Crippen LogP contribution in [0.3, 0.4) is 0 Å². The summed E-state index contributed by atoms with van der Waals surface area (Å²) in [6, 6.07) is 11.5. The highest BCUT2D eigenvalue weighted by molar-refractivity contribution is 9.10. The molecule has 3 N–H and O–H groups in total. The van der Waals surface area contributed by atoms with E-state index in [1.165, 1.54) is 11.8 Å². The Morgan fingerprint density at radius 3 is 2.76 bits per heavy atom. The number of nitrogens with two attached hydrogens (primary N) is 1. The van der Waals surface area contributed by atoms with E-state index < -0.39 is 0 Å². The van der Waals surface area contributed by atoms with Gasteiger partial charge in [-0.05, 0) is 55.3 Å². The summed E-state index contributed by atoms with van der Waals surface area (Å²) in [7, 11) is 0. The monoisotopic (exact) mass is 364 g/mol. The topological polar surface area (TPSA) is 55.1 Å². The molecule has 0 aliphatic rings. The van der Waals surface area contributed by atoms with E-state index >= 15 is 0 Å². The summed E-state index contributed by atoms with van der Waals surface area (Å²) in [4.78, 5) is 13.1. The minimum absolute atomic E-state index is 0.0211. The lowest BCUT2D eigenvalue weighted by Gasteiger charge is -2.10. The van der Waals surface area contributed by atoms with E-state index in [-0.39, 0.29) is 5.91 Å². The molecule has 21 heavy (non-hydrogen) atoms. The van der Waals surface area contributed by atoms with Crippen molar-refractivity contribution in [1.29, 1.82) is 0 Å². The number of carbonyl (C=O) groups excluding carboxylic acids is 1. The van der Waals surface area contributed by atoms with Crippen LogP contribution in [-0.4, -0.2) is 11.7 Å². The highest BCUT2D eigenvalue weighted by Crippen LogP contribution is 2.26. The zero-order valence-electron chi connectivity index (χ0n) is 11.9. The molecule has 0 atom stereocenters. The fourth-order valence-corrected chi connectivity index (χ4v) is 3.23. The molecule has 0 aliphatic heterocycles. The molecule has 0 saturated carbocycles. The van der Waals surface area contributed by atoms with E-state index in [2.05, 4.69) is 21.2 Å². The standard InChI is InChI=1S/C16H17BrN2OS/c1-10-8-12(17)6-7-14(10)19-16(20)9-21-15-5-3-4-13(18)11(15)2/h3-8H,9,18H2,1-2H3,(H,19,20).